The van der Waals surface area contributed by atoms with Crippen molar-refractivity contribution in [2.24, 2.45) is 22.7 Å². The van der Waals surface area contributed by atoms with Crippen LogP contribution in [0.1, 0.15) is 31.2 Å². The van der Waals surface area contributed by atoms with Crippen molar-refractivity contribution in [3.8, 4) is 0 Å². The molecule has 0 aromatic heterocycles. The molecule has 0 saturated carbocycles. The van der Waals surface area contributed by atoms with E-state index < -0.39 is 10.9 Å². The molecule has 0 unspecified atom stereocenters. The maximum atomic E-state index is 12.3. The first kappa shape index (κ1) is 20.2. The molecule has 1 heterocycles. The summed E-state index contributed by atoms with van der Waals surface area (Å²) >= 11 is 0. The maximum absolute atomic E-state index is 12.3. The Bertz CT molecular complexity index is 866. The van der Waals surface area contributed by atoms with E-state index in [1.54, 1.807) is 0 Å². The van der Waals surface area contributed by atoms with Crippen LogP contribution < -0.4 is 5.73 Å². The summed E-state index contributed by atoms with van der Waals surface area (Å²) < 4.78 is 0. The van der Waals surface area contributed by atoms with E-state index in [1.165, 1.54) is 29.2 Å². The molecule has 0 bridgehead atoms. The van der Waals surface area contributed by atoms with Crippen LogP contribution >= 0.6 is 0 Å². The average molecular weight is 400 g/mol. The first-order valence-corrected chi connectivity index (χ1v) is 9.17. The van der Waals surface area contributed by atoms with Gasteiger partial charge in [-0.25, -0.2) is 4.79 Å². The molecule has 152 valence electrons. The summed E-state index contributed by atoms with van der Waals surface area (Å²) in [4.78, 5) is 52.6. The molecule has 1 aliphatic carbocycles. The van der Waals surface area contributed by atoms with Crippen molar-refractivity contribution < 1.29 is 24.1 Å². The number of amides is 2. The predicted octanol–water partition coefficient (Wildman–Crippen LogP) is 1.49. The number of nitrogens with two attached hydrogens (primary N) is 1. The largest absolute Gasteiger partial charge is 0.380 e. The van der Waals surface area contributed by atoms with Crippen molar-refractivity contribution in [2.45, 2.75) is 25.7 Å². The third-order valence-corrected chi connectivity index (χ3v) is 4.98. The highest BCUT2D eigenvalue weighted by atomic mass is 16.7. The van der Waals surface area contributed by atoms with Crippen LogP contribution in [0.5, 0.6) is 0 Å². The zero-order chi connectivity index (χ0) is 21.0. The summed E-state index contributed by atoms with van der Waals surface area (Å²) in [5, 5.41) is 14.2. The minimum absolute atomic E-state index is 0.0400. The second-order valence-corrected chi connectivity index (χ2v) is 6.83. The molecule has 2 N–H and O–H groups in total. The van der Waals surface area contributed by atoms with E-state index in [4.69, 9.17) is 10.6 Å². The number of carbonyl (C=O) groups excluding carboxylic acids is 3. The van der Waals surface area contributed by atoms with E-state index in [1.807, 2.05) is 12.2 Å². The zero-order valence-corrected chi connectivity index (χ0v) is 15.5. The van der Waals surface area contributed by atoms with Gasteiger partial charge >= 0.3 is 5.97 Å². The molecule has 10 heteroatoms. The first-order chi connectivity index (χ1) is 13.9. The standard InChI is InChI=1S/C19H20N4O6/c20-17(12-7-9-13(10-8-12)23(27)28)21-29-16(24)6-3-11-22-18(25)14-4-1-2-5-15(14)19(22)26/h1-2,7-10,14-15H,3-6,11H2,(H2,20,21)/t14-,15-/m1/s1. The number of fused-ring (bicyclic) bond motifs is 1. The monoisotopic (exact) mass is 400 g/mol. The highest BCUT2D eigenvalue weighted by Crippen LogP contribution is 2.35. The molecule has 1 saturated heterocycles. The quantitative estimate of drug-likeness (QED) is 0.139. The van der Waals surface area contributed by atoms with E-state index in [9.17, 15) is 24.5 Å². The Morgan fingerprint density at radius 1 is 1.17 bits per heavy atom. The maximum Gasteiger partial charge on any atom is 0.335 e. The minimum atomic E-state index is -0.659. The molecular weight excluding hydrogens is 380 g/mol. The molecule has 2 atom stereocenters. The number of imide groups is 1. The third kappa shape index (κ3) is 4.48. The fourth-order valence-electron chi connectivity index (χ4n) is 3.42. The number of likely N-dealkylation sites (tertiary alicyclic amines) is 1. The van der Waals surface area contributed by atoms with Gasteiger partial charge in [0.05, 0.1) is 16.8 Å². The Balaban J connectivity index is 1.46. The van der Waals surface area contributed by atoms with Gasteiger partial charge in [-0.15, -0.1) is 0 Å². The van der Waals surface area contributed by atoms with Crippen LogP contribution in [-0.4, -0.2) is 40.0 Å². The highest BCUT2D eigenvalue weighted by Gasteiger charge is 2.46. The molecule has 1 aromatic carbocycles. The summed E-state index contributed by atoms with van der Waals surface area (Å²) in [6, 6.07) is 5.31. The predicted molar refractivity (Wildman–Crippen MR) is 101 cm³/mol. The van der Waals surface area contributed by atoms with E-state index in [-0.39, 0.29) is 54.6 Å². The molecule has 10 nitrogen and oxygen atoms in total. The van der Waals surface area contributed by atoms with E-state index in [2.05, 4.69) is 5.16 Å². The van der Waals surface area contributed by atoms with Crippen molar-refractivity contribution in [3.63, 3.8) is 0 Å². The van der Waals surface area contributed by atoms with Crippen LogP contribution in [0.2, 0.25) is 0 Å². The molecule has 2 amide bonds. The third-order valence-electron chi connectivity index (χ3n) is 4.98. The fraction of sp³-hybridized carbons (Fsp3) is 0.368. The smallest absolute Gasteiger partial charge is 0.335 e. The topological polar surface area (TPSA) is 145 Å². The number of hydrogen-bond donors (Lipinski definition) is 1. The molecule has 1 aliphatic heterocycles. The van der Waals surface area contributed by atoms with E-state index >= 15 is 0 Å². The fourth-order valence-corrected chi connectivity index (χ4v) is 3.42. The molecule has 0 radical (unpaired) electrons. The van der Waals surface area contributed by atoms with Gasteiger partial charge in [0.25, 0.3) is 5.69 Å². The summed E-state index contributed by atoms with van der Waals surface area (Å²) in [6.45, 7) is 0.154. The van der Waals surface area contributed by atoms with Crippen LogP contribution in [-0.2, 0) is 19.2 Å². The Morgan fingerprint density at radius 2 is 1.76 bits per heavy atom. The number of non-ortho nitro benzene ring substituents is 1. The van der Waals surface area contributed by atoms with Crippen molar-refractivity contribution in [1.82, 2.24) is 4.90 Å². The number of rotatable bonds is 7. The van der Waals surface area contributed by atoms with Crippen LogP contribution in [0.4, 0.5) is 5.69 Å². The summed E-state index contributed by atoms with van der Waals surface area (Å²) in [6.07, 6.45) is 5.20. The van der Waals surface area contributed by atoms with Crippen LogP contribution in [0, 0.1) is 22.0 Å². The Labute approximate surface area is 166 Å². The van der Waals surface area contributed by atoms with Gasteiger partial charge in [-0.05, 0) is 31.4 Å². The number of hydrogen-bond acceptors (Lipinski definition) is 7. The van der Waals surface area contributed by atoms with Crippen LogP contribution in [0.15, 0.2) is 41.6 Å². The molecule has 1 fully saturated rings. The van der Waals surface area contributed by atoms with Crippen molar-refractivity contribution in [2.75, 3.05) is 6.54 Å². The van der Waals surface area contributed by atoms with Gasteiger partial charge in [0.2, 0.25) is 11.8 Å². The Morgan fingerprint density at radius 3 is 2.31 bits per heavy atom. The second-order valence-electron chi connectivity index (χ2n) is 6.83. The minimum Gasteiger partial charge on any atom is -0.380 e. The molecule has 29 heavy (non-hydrogen) atoms. The van der Waals surface area contributed by atoms with E-state index in [0.717, 1.165) is 0 Å². The van der Waals surface area contributed by atoms with Gasteiger partial charge in [-0.3, -0.25) is 24.6 Å². The van der Waals surface area contributed by atoms with Crippen molar-refractivity contribution in [3.05, 3.63) is 52.1 Å². The van der Waals surface area contributed by atoms with Crippen LogP contribution in [0.25, 0.3) is 0 Å². The van der Waals surface area contributed by atoms with Gasteiger partial charge in [-0.2, -0.15) is 0 Å². The lowest BCUT2D eigenvalue weighted by Gasteiger charge is -2.14. The second kappa shape index (κ2) is 8.63. The summed E-state index contributed by atoms with van der Waals surface area (Å²) in [5.74, 6) is -1.70. The van der Waals surface area contributed by atoms with Gasteiger partial charge < -0.3 is 10.6 Å². The molecule has 3 rings (SSSR count). The van der Waals surface area contributed by atoms with Gasteiger partial charge in [0.15, 0.2) is 5.84 Å². The highest BCUT2D eigenvalue weighted by molar-refractivity contribution is 6.05. The number of benzene rings is 1. The first-order valence-electron chi connectivity index (χ1n) is 9.17. The number of carbonyl (C=O) groups is 3. The van der Waals surface area contributed by atoms with Gasteiger partial charge in [0, 0.05) is 30.7 Å². The van der Waals surface area contributed by atoms with Crippen molar-refractivity contribution in [1.29, 1.82) is 0 Å². The summed E-state index contributed by atoms with van der Waals surface area (Å²) in [7, 11) is 0. The Hall–Kier alpha value is -3.56. The number of nitro groups is 1. The van der Waals surface area contributed by atoms with Gasteiger partial charge in [-0.1, -0.05) is 17.3 Å². The lowest BCUT2D eigenvalue weighted by Crippen LogP contribution is -2.32. The normalized spacial score (nSPS) is 21.2. The molecular formula is C19H20N4O6. The lowest BCUT2D eigenvalue weighted by molar-refractivity contribution is -0.384. The average Bonchev–Trinajstić information content (AvgIpc) is 2.97. The molecule has 1 aromatic rings. The summed E-state index contributed by atoms with van der Waals surface area (Å²) in [5.41, 5.74) is 5.97. The number of allylic oxidation sites excluding steroid dienone is 2. The van der Waals surface area contributed by atoms with Crippen LogP contribution in [0.3, 0.4) is 0 Å². The lowest BCUT2D eigenvalue weighted by atomic mass is 9.85. The number of amidine groups is 1. The number of nitro benzene ring substituents is 1. The van der Waals surface area contributed by atoms with Crippen molar-refractivity contribution >= 4 is 29.3 Å². The van der Waals surface area contributed by atoms with E-state index in [0.29, 0.717) is 18.4 Å². The molecule has 0 spiro atoms. The zero-order valence-electron chi connectivity index (χ0n) is 15.5. The SMILES string of the molecule is N/C(=N\OC(=O)CCCN1C(=O)[C@@H]2CC=CC[C@H]2C1=O)c1ccc([N+](=O)[O-])cc1. The van der Waals surface area contributed by atoms with Gasteiger partial charge in [0.1, 0.15) is 0 Å². The molecule has 2 aliphatic rings. The number of oxime groups is 1. The number of nitrogens with zero attached hydrogens (tertiary/aromatic N) is 3. The Kier molecular flexibility index (Phi) is 6.01.